The summed E-state index contributed by atoms with van der Waals surface area (Å²) in [6.07, 6.45) is 1.26. The molecule has 2 heterocycles. The first-order valence-corrected chi connectivity index (χ1v) is 8.64. The molecule has 0 radical (unpaired) electrons. The van der Waals surface area contributed by atoms with Crippen molar-refractivity contribution in [1.29, 1.82) is 0 Å². The van der Waals surface area contributed by atoms with E-state index >= 15 is 0 Å². The van der Waals surface area contributed by atoms with Crippen molar-refractivity contribution in [1.82, 2.24) is 15.1 Å². The molecule has 2 rings (SSSR count). The quantitative estimate of drug-likeness (QED) is 0.870. The maximum Gasteiger partial charge on any atom is 0.0296 e. The molecule has 1 saturated heterocycles. The Labute approximate surface area is 128 Å². The van der Waals surface area contributed by atoms with E-state index in [2.05, 4.69) is 42.0 Å². The zero-order valence-corrected chi connectivity index (χ0v) is 14.2. The van der Waals surface area contributed by atoms with E-state index in [4.69, 9.17) is 0 Å². The molecule has 1 unspecified atom stereocenters. The molecule has 1 aromatic rings. The zero-order chi connectivity index (χ0) is 14.5. The lowest BCUT2D eigenvalue weighted by Crippen LogP contribution is -2.49. The molecule has 0 aliphatic carbocycles. The molecular weight excluding hydrogens is 266 g/mol. The molecule has 20 heavy (non-hydrogen) atoms. The highest BCUT2D eigenvalue weighted by Gasteiger charge is 2.20. The lowest BCUT2D eigenvalue weighted by atomic mass is 10.1. The number of nitrogens with one attached hydrogen (secondary N) is 1. The minimum absolute atomic E-state index is 0.738. The van der Waals surface area contributed by atoms with E-state index in [0.717, 1.165) is 19.1 Å². The smallest absolute Gasteiger partial charge is 0.0296 e. The molecule has 0 bridgehead atoms. The molecule has 3 nitrogen and oxygen atoms in total. The fourth-order valence-electron chi connectivity index (χ4n) is 2.87. The molecule has 1 aliphatic rings. The summed E-state index contributed by atoms with van der Waals surface area (Å²) in [6.45, 7) is 13.9. The second kappa shape index (κ2) is 7.55. The molecule has 1 atom stereocenters. The van der Waals surface area contributed by atoms with E-state index in [1.165, 1.54) is 47.9 Å². The summed E-state index contributed by atoms with van der Waals surface area (Å²) >= 11 is 1.94. The average Bonchev–Trinajstić information content (AvgIpc) is 2.79. The Balaban J connectivity index is 1.86. The van der Waals surface area contributed by atoms with Crippen LogP contribution < -0.4 is 5.32 Å². The Bertz CT molecular complexity index is 408. The highest BCUT2D eigenvalue weighted by Crippen LogP contribution is 2.23. The first-order valence-electron chi connectivity index (χ1n) is 7.83. The molecule has 1 N–H and O–H groups in total. The third-order valence-corrected chi connectivity index (χ3v) is 5.53. The molecule has 1 fully saturated rings. The van der Waals surface area contributed by atoms with Crippen LogP contribution in [-0.4, -0.2) is 49.1 Å². The summed E-state index contributed by atoms with van der Waals surface area (Å²) in [5.74, 6) is 0. The van der Waals surface area contributed by atoms with Gasteiger partial charge in [-0.25, -0.2) is 0 Å². The molecule has 1 aliphatic heterocycles. The lowest BCUT2D eigenvalue weighted by Gasteiger charge is -2.37. The van der Waals surface area contributed by atoms with Crippen molar-refractivity contribution in [3.05, 3.63) is 21.4 Å². The van der Waals surface area contributed by atoms with Gasteiger partial charge in [0, 0.05) is 55.1 Å². The predicted molar refractivity (Wildman–Crippen MR) is 88.4 cm³/mol. The minimum atomic E-state index is 0.738. The molecular formula is C16H29N3S. The van der Waals surface area contributed by atoms with Crippen LogP contribution in [0.25, 0.3) is 0 Å². The van der Waals surface area contributed by atoms with Crippen molar-refractivity contribution in [3.63, 3.8) is 0 Å². The van der Waals surface area contributed by atoms with Crippen molar-refractivity contribution in [2.75, 3.05) is 33.2 Å². The molecule has 1 aromatic heterocycles. The van der Waals surface area contributed by atoms with Gasteiger partial charge in [0.15, 0.2) is 0 Å². The summed E-state index contributed by atoms with van der Waals surface area (Å²) in [4.78, 5) is 8.18. The van der Waals surface area contributed by atoms with Crippen LogP contribution >= 0.6 is 11.3 Å². The van der Waals surface area contributed by atoms with Gasteiger partial charge in [-0.2, -0.15) is 0 Å². The van der Waals surface area contributed by atoms with Crippen LogP contribution in [0.15, 0.2) is 6.07 Å². The average molecular weight is 295 g/mol. The van der Waals surface area contributed by atoms with Crippen LogP contribution in [-0.2, 0) is 13.1 Å². The van der Waals surface area contributed by atoms with E-state index in [9.17, 15) is 0 Å². The number of rotatable bonds is 6. The highest BCUT2D eigenvalue weighted by atomic mass is 32.1. The molecule has 0 aromatic carbocycles. The van der Waals surface area contributed by atoms with E-state index in [1.54, 1.807) is 0 Å². The summed E-state index contributed by atoms with van der Waals surface area (Å²) in [5, 5.41) is 3.24. The maximum absolute atomic E-state index is 3.24. The molecule has 0 saturated carbocycles. The van der Waals surface area contributed by atoms with Gasteiger partial charge in [0.05, 0.1) is 0 Å². The first kappa shape index (κ1) is 16.0. The summed E-state index contributed by atoms with van der Waals surface area (Å²) in [7, 11) is 2.02. The Morgan fingerprint density at radius 2 is 2.00 bits per heavy atom. The van der Waals surface area contributed by atoms with E-state index in [-0.39, 0.29) is 0 Å². The zero-order valence-electron chi connectivity index (χ0n) is 13.4. The Morgan fingerprint density at radius 1 is 1.30 bits per heavy atom. The van der Waals surface area contributed by atoms with Gasteiger partial charge in [0.2, 0.25) is 0 Å². The van der Waals surface area contributed by atoms with Crippen molar-refractivity contribution < 1.29 is 0 Å². The van der Waals surface area contributed by atoms with Crippen LogP contribution in [0.5, 0.6) is 0 Å². The van der Waals surface area contributed by atoms with Crippen LogP contribution in [0.1, 0.15) is 35.6 Å². The second-order valence-electron chi connectivity index (χ2n) is 5.89. The Hall–Kier alpha value is -0.420. The number of hydrogen-bond acceptors (Lipinski definition) is 4. The van der Waals surface area contributed by atoms with Gasteiger partial charge in [-0.3, -0.25) is 9.80 Å². The van der Waals surface area contributed by atoms with Crippen LogP contribution in [0.4, 0.5) is 0 Å². The van der Waals surface area contributed by atoms with Crippen molar-refractivity contribution in [2.45, 2.75) is 46.3 Å². The van der Waals surface area contributed by atoms with Crippen LogP contribution in [0.2, 0.25) is 0 Å². The third-order valence-electron chi connectivity index (χ3n) is 4.44. The Kier molecular flexibility index (Phi) is 6.02. The number of aryl methyl sites for hydroxylation is 1. The predicted octanol–water partition coefficient (Wildman–Crippen LogP) is 2.69. The monoisotopic (exact) mass is 295 g/mol. The van der Waals surface area contributed by atoms with E-state index < -0.39 is 0 Å². The molecule has 114 valence electrons. The number of hydrogen-bond donors (Lipinski definition) is 1. The third kappa shape index (κ3) is 4.04. The topological polar surface area (TPSA) is 18.5 Å². The fourth-order valence-corrected chi connectivity index (χ4v) is 3.93. The maximum atomic E-state index is 3.24. The highest BCUT2D eigenvalue weighted by molar-refractivity contribution is 7.12. The molecule has 0 spiro atoms. The van der Waals surface area contributed by atoms with Gasteiger partial charge < -0.3 is 5.32 Å². The lowest BCUT2D eigenvalue weighted by molar-refractivity contribution is 0.0963. The van der Waals surface area contributed by atoms with E-state index in [0.29, 0.717) is 0 Å². The standard InChI is InChI=1S/C16H29N3S/c1-5-13(2)19-8-6-18(7-9-19)12-15-10-16(11-17-4)20-14(15)3/h10,13,17H,5-9,11-12H2,1-4H3. The van der Waals surface area contributed by atoms with Crippen molar-refractivity contribution in [3.8, 4) is 0 Å². The summed E-state index contributed by atoms with van der Waals surface area (Å²) in [5.41, 5.74) is 1.53. The van der Waals surface area contributed by atoms with Crippen LogP contribution in [0.3, 0.4) is 0 Å². The number of thiophene rings is 1. The molecule has 0 amide bonds. The van der Waals surface area contributed by atoms with Gasteiger partial charge in [0.25, 0.3) is 0 Å². The largest absolute Gasteiger partial charge is 0.315 e. The minimum Gasteiger partial charge on any atom is -0.315 e. The van der Waals surface area contributed by atoms with Gasteiger partial charge in [-0.1, -0.05) is 6.92 Å². The SMILES string of the molecule is CCC(C)N1CCN(Cc2cc(CNC)sc2C)CC1. The van der Waals surface area contributed by atoms with Crippen molar-refractivity contribution >= 4 is 11.3 Å². The number of piperazine rings is 1. The molecule has 4 heteroatoms. The van der Waals surface area contributed by atoms with Crippen LogP contribution in [0, 0.1) is 6.92 Å². The second-order valence-corrected chi connectivity index (χ2v) is 7.23. The first-order chi connectivity index (χ1) is 9.63. The van der Waals surface area contributed by atoms with E-state index in [1.807, 2.05) is 18.4 Å². The van der Waals surface area contributed by atoms with Gasteiger partial charge in [0.1, 0.15) is 0 Å². The van der Waals surface area contributed by atoms with Gasteiger partial charge in [-0.15, -0.1) is 11.3 Å². The normalized spacial score (nSPS) is 19.4. The van der Waals surface area contributed by atoms with Gasteiger partial charge in [-0.05, 0) is 38.9 Å². The fraction of sp³-hybridized carbons (Fsp3) is 0.750. The van der Waals surface area contributed by atoms with Gasteiger partial charge >= 0.3 is 0 Å². The Morgan fingerprint density at radius 3 is 2.60 bits per heavy atom. The van der Waals surface area contributed by atoms with Crippen molar-refractivity contribution in [2.24, 2.45) is 0 Å². The number of nitrogens with zero attached hydrogens (tertiary/aromatic N) is 2. The summed E-state index contributed by atoms with van der Waals surface area (Å²) in [6, 6.07) is 3.12. The summed E-state index contributed by atoms with van der Waals surface area (Å²) < 4.78 is 0.